The van der Waals surface area contributed by atoms with Crippen LogP contribution in [0.4, 0.5) is 5.82 Å². The number of aromatic nitrogens is 2. The predicted octanol–water partition coefficient (Wildman–Crippen LogP) is 1.89. The summed E-state index contributed by atoms with van der Waals surface area (Å²) >= 11 is 0. The molecule has 0 fully saturated rings. The van der Waals surface area contributed by atoms with Gasteiger partial charge in [-0.2, -0.15) is 0 Å². The first kappa shape index (κ1) is 5.93. The van der Waals surface area contributed by atoms with Crippen LogP contribution in [0.15, 0.2) is 30.6 Å². The van der Waals surface area contributed by atoms with Crippen LogP contribution in [0.3, 0.4) is 0 Å². The van der Waals surface area contributed by atoms with Crippen molar-refractivity contribution in [3.8, 4) is 0 Å². The van der Waals surface area contributed by atoms with Crippen molar-refractivity contribution in [2.75, 3.05) is 0 Å². The van der Waals surface area contributed by atoms with E-state index in [0.29, 0.717) is 5.82 Å². The Morgan fingerprint density at radius 2 is 2.36 bits per heavy atom. The van der Waals surface area contributed by atoms with Crippen LogP contribution in [0.5, 0.6) is 0 Å². The molecule has 2 heterocycles. The van der Waals surface area contributed by atoms with E-state index in [1.807, 2.05) is 24.4 Å². The highest BCUT2D eigenvalue weighted by Gasteiger charge is 2.00. The average molecular weight is 143 g/mol. The second kappa shape index (κ2) is 2.10. The zero-order valence-corrected chi connectivity index (χ0v) is 5.73. The molecule has 0 amide bonds. The summed E-state index contributed by atoms with van der Waals surface area (Å²) in [5.41, 5.74) is 0.818. The summed E-state index contributed by atoms with van der Waals surface area (Å²) in [4.78, 5) is 7.35. The second-order valence-corrected chi connectivity index (χ2v) is 2.16. The zero-order chi connectivity index (χ0) is 7.68. The average Bonchev–Trinajstić information content (AvgIpc) is 2.47. The molecular formula is C8H5N3. The van der Waals surface area contributed by atoms with Gasteiger partial charge in [0.05, 0.1) is 12.4 Å². The summed E-state index contributed by atoms with van der Waals surface area (Å²) in [6, 6.07) is 5.65. The van der Waals surface area contributed by atoms with Crippen molar-refractivity contribution in [2.45, 2.75) is 0 Å². The van der Waals surface area contributed by atoms with E-state index in [0.717, 1.165) is 5.65 Å². The van der Waals surface area contributed by atoms with Gasteiger partial charge in [-0.25, -0.2) is 9.38 Å². The largest absolute Gasteiger partial charge is 0.362 e. The maximum absolute atomic E-state index is 6.81. The maximum atomic E-state index is 6.81. The van der Waals surface area contributed by atoms with Crippen molar-refractivity contribution < 1.29 is 0 Å². The molecule has 0 bridgehead atoms. The minimum Gasteiger partial charge on any atom is -0.362 e. The summed E-state index contributed by atoms with van der Waals surface area (Å²) in [5, 5.41) is 0. The highest BCUT2D eigenvalue weighted by Crippen LogP contribution is 2.13. The van der Waals surface area contributed by atoms with Gasteiger partial charge in [-0.3, -0.25) is 0 Å². The molecule has 0 unspecified atom stereocenters. The molecule has 3 nitrogen and oxygen atoms in total. The van der Waals surface area contributed by atoms with Crippen LogP contribution in [0, 0.1) is 6.57 Å². The van der Waals surface area contributed by atoms with Crippen LogP contribution < -0.4 is 0 Å². The molecule has 2 rings (SSSR count). The molecule has 0 saturated heterocycles. The smallest absolute Gasteiger partial charge is 0.254 e. The van der Waals surface area contributed by atoms with Crippen LogP contribution in [-0.4, -0.2) is 9.38 Å². The van der Waals surface area contributed by atoms with Crippen molar-refractivity contribution in [1.82, 2.24) is 9.38 Å². The summed E-state index contributed by atoms with van der Waals surface area (Å²) in [7, 11) is 0. The van der Waals surface area contributed by atoms with Crippen LogP contribution >= 0.6 is 0 Å². The Hall–Kier alpha value is -1.82. The number of fused-ring (bicyclic) bond motifs is 1. The number of pyridine rings is 1. The molecule has 0 radical (unpaired) electrons. The van der Waals surface area contributed by atoms with Crippen LogP contribution in [-0.2, 0) is 0 Å². The third kappa shape index (κ3) is 0.767. The maximum Gasteiger partial charge on any atom is 0.254 e. The molecule has 2 aromatic heterocycles. The lowest BCUT2D eigenvalue weighted by Gasteiger charge is -1.87. The van der Waals surface area contributed by atoms with Gasteiger partial charge in [0.15, 0.2) is 0 Å². The van der Waals surface area contributed by atoms with Gasteiger partial charge in [0.2, 0.25) is 5.65 Å². The number of nitrogens with zero attached hydrogens (tertiary/aromatic N) is 3. The summed E-state index contributed by atoms with van der Waals surface area (Å²) in [5.74, 6) is 0.556. The Balaban J connectivity index is 2.89. The molecule has 11 heavy (non-hydrogen) atoms. The van der Waals surface area contributed by atoms with Gasteiger partial charge in [-0.15, -0.1) is 0 Å². The first-order valence-electron chi connectivity index (χ1n) is 3.21. The van der Waals surface area contributed by atoms with Gasteiger partial charge < -0.3 is 4.85 Å². The van der Waals surface area contributed by atoms with E-state index in [-0.39, 0.29) is 0 Å². The van der Waals surface area contributed by atoms with E-state index in [9.17, 15) is 0 Å². The molecule has 3 heteroatoms. The van der Waals surface area contributed by atoms with Crippen LogP contribution in [0.2, 0.25) is 0 Å². The molecule has 0 spiro atoms. The van der Waals surface area contributed by atoms with Gasteiger partial charge in [-0.1, -0.05) is 12.6 Å². The summed E-state index contributed by atoms with van der Waals surface area (Å²) < 4.78 is 1.76. The molecule has 0 aliphatic rings. The van der Waals surface area contributed by atoms with E-state index >= 15 is 0 Å². The van der Waals surface area contributed by atoms with E-state index < -0.39 is 0 Å². The fourth-order valence-electron chi connectivity index (χ4n) is 1.00. The Bertz CT molecular complexity index is 422. The first-order chi connectivity index (χ1) is 5.42. The van der Waals surface area contributed by atoms with Crippen LogP contribution in [0.1, 0.15) is 0 Å². The van der Waals surface area contributed by atoms with Crippen molar-refractivity contribution >= 4 is 11.5 Å². The summed E-state index contributed by atoms with van der Waals surface area (Å²) in [6.45, 7) is 6.81. The quantitative estimate of drug-likeness (QED) is 0.516. The molecule has 0 aliphatic heterocycles. The fourth-order valence-corrected chi connectivity index (χ4v) is 1.00. The Morgan fingerprint density at radius 1 is 1.45 bits per heavy atom. The number of hydrogen-bond donors (Lipinski definition) is 0. The van der Waals surface area contributed by atoms with Crippen molar-refractivity contribution in [1.29, 1.82) is 0 Å². The molecule has 0 aromatic carbocycles. The molecule has 52 valence electrons. The van der Waals surface area contributed by atoms with E-state index in [1.54, 1.807) is 10.6 Å². The van der Waals surface area contributed by atoms with E-state index in [1.165, 1.54) is 0 Å². The van der Waals surface area contributed by atoms with Crippen molar-refractivity contribution in [3.05, 3.63) is 42.0 Å². The lowest BCUT2D eigenvalue weighted by Crippen LogP contribution is -1.79. The lowest BCUT2D eigenvalue weighted by molar-refractivity contribution is 1.20. The number of rotatable bonds is 0. The fraction of sp³-hybridized carbons (Fsp3) is 0. The Labute approximate surface area is 63.7 Å². The highest BCUT2D eigenvalue weighted by molar-refractivity contribution is 5.50. The monoisotopic (exact) mass is 143 g/mol. The molecule has 0 saturated carbocycles. The number of hydrogen-bond acceptors (Lipinski definition) is 1. The van der Waals surface area contributed by atoms with E-state index in [2.05, 4.69) is 9.83 Å². The first-order valence-corrected chi connectivity index (χ1v) is 3.21. The van der Waals surface area contributed by atoms with Gasteiger partial charge in [0.25, 0.3) is 5.82 Å². The Kier molecular flexibility index (Phi) is 1.13. The summed E-state index contributed by atoms with van der Waals surface area (Å²) in [6.07, 6.45) is 3.40. The Morgan fingerprint density at radius 3 is 3.18 bits per heavy atom. The topological polar surface area (TPSA) is 21.7 Å². The minimum atomic E-state index is 0.556. The zero-order valence-electron chi connectivity index (χ0n) is 5.73. The standard InChI is InChI=1S/C8H5N3/c1-9-8-6-10-7-4-2-3-5-11(7)8/h2-6H. The minimum absolute atomic E-state index is 0.556. The molecular weight excluding hydrogens is 138 g/mol. The third-order valence-electron chi connectivity index (χ3n) is 1.51. The van der Waals surface area contributed by atoms with Crippen molar-refractivity contribution in [3.63, 3.8) is 0 Å². The van der Waals surface area contributed by atoms with Gasteiger partial charge >= 0.3 is 0 Å². The number of imidazole rings is 1. The molecule has 0 N–H and O–H groups in total. The normalized spacial score (nSPS) is 9.73. The van der Waals surface area contributed by atoms with Crippen molar-refractivity contribution in [2.24, 2.45) is 0 Å². The lowest BCUT2D eigenvalue weighted by atomic mass is 10.5. The molecule has 0 aliphatic carbocycles. The van der Waals surface area contributed by atoms with Gasteiger partial charge in [0.1, 0.15) is 0 Å². The molecule has 2 aromatic rings. The van der Waals surface area contributed by atoms with Crippen LogP contribution in [0.25, 0.3) is 10.5 Å². The molecule has 0 atom stereocenters. The van der Waals surface area contributed by atoms with Gasteiger partial charge in [0, 0.05) is 6.07 Å². The third-order valence-corrected chi connectivity index (χ3v) is 1.51. The predicted molar refractivity (Wildman–Crippen MR) is 41.5 cm³/mol. The highest BCUT2D eigenvalue weighted by atomic mass is 15.1. The second-order valence-electron chi connectivity index (χ2n) is 2.16. The van der Waals surface area contributed by atoms with E-state index in [4.69, 9.17) is 6.57 Å². The van der Waals surface area contributed by atoms with Gasteiger partial charge in [-0.05, 0) is 6.07 Å². The SMILES string of the molecule is [C-]#[N+]c1cnc2ccccn12.